The van der Waals surface area contributed by atoms with Gasteiger partial charge in [0.15, 0.2) is 0 Å². The summed E-state index contributed by atoms with van der Waals surface area (Å²) in [6.07, 6.45) is 0. The summed E-state index contributed by atoms with van der Waals surface area (Å²) in [5.41, 5.74) is 0. The first kappa shape index (κ1) is 13.5. The fourth-order valence-electron chi connectivity index (χ4n) is 1.78. The zero-order chi connectivity index (χ0) is 13.8. The number of hydrogen-bond acceptors (Lipinski definition) is 6. The lowest BCUT2D eigenvalue weighted by molar-refractivity contribution is -0.119. The zero-order valence-corrected chi connectivity index (χ0v) is 12.0. The standard InChI is InChI=1S/C12H17N5OS/c1-4-17(7-9(18)13-2)10-8-5-6-19-11(8)16-12(14-3)15-10/h5-6H,4,7H2,1-3H3,(H,13,18)(H,14,15,16). The molecule has 2 heterocycles. The van der Waals surface area contributed by atoms with Crippen LogP contribution in [0.25, 0.3) is 10.2 Å². The fraction of sp³-hybridized carbons (Fsp3) is 0.417. The number of nitrogens with one attached hydrogen (secondary N) is 2. The van der Waals surface area contributed by atoms with Gasteiger partial charge in [0.2, 0.25) is 11.9 Å². The number of nitrogens with zero attached hydrogens (tertiary/aromatic N) is 3. The van der Waals surface area contributed by atoms with Crippen molar-refractivity contribution in [3.63, 3.8) is 0 Å². The predicted molar refractivity (Wildman–Crippen MR) is 78.9 cm³/mol. The molecule has 6 nitrogen and oxygen atoms in total. The first-order valence-corrected chi connectivity index (χ1v) is 6.96. The number of fused-ring (bicyclic) bond motifs is 1. The van der Waals surface area contributed by atoms with Crippen LogP contribution in [-0.4, -0.2) is 43.1 Å². The Balaban J connectivity index is 2.45. The molecule has 0 fully saturated rings. The van der Waals surface area contributed by atoms with Gasteiger partial charge in [-0.2, -0.15) is 4.98 Å². The Morgan fingerprint density at radius 3 is 2.84 bits per heavy atom. The Bertz CT molecular complexity index is 583. The van der Waals surface area contributed by atoms with Gasteiger partial charge < -0.3 is 15.5 Å². The minimum absolute atomic E-state index is 0.0325. The number of anilines is 2. The molecule has 0 aliphatic rings. The van der Waals surface area contributed by atoms with Crippen LogP contribution < -0.4 is 15.5 Å². The van der Waals surface area contributed by atoms with Crippen molar-refractivity contribution in [2.75, 3.05) is 37.4 Å². The maximum Gasteiger partial charge on any atom is 0.239 e. The van der Waals surface area contributed by atoms with Gasteiger partial charge in [-0.1, -0.05) is 0 Å². The summed E-state index contributed by atoms with van der Waals surface area (Å²) in [6.45, 7) is 3.00. The smallest absolute Gasteiger partial charge is 0.239 e. The number of aromatic nitrogens is 2. The van der Waals surface area contributed by atoms with E-state index in [1.54, 1.807) is 25.4 Å². The summed E-state index contributed by atoms with van der Waals surface area (Å²) in [4.78, 5) is 23.3. The number of rotatable bonds is 5. The highest BCUT2D eigenvalue weighted by atomic mass is 32.1. The van der Waals surface area contributed by atoms with Crippen molar-refractivity contribution in [2.24, 2.45) is 0 Å². The molecule has 0 saturated carbocycles. The third kappa shape index (κ3) is 2.76. The molecule has 1 amide bonds. The molecule has 19 heavy (non-hydrogen) atoms. The van der Waals surface area contributed by atoms with Gasteiger partial charge in [-0.25, -0.2) is 4.98 Å². The molecular formula is C12H17N5OS. The van der Waals surface area contributed by atoms with Gasteiger partial charge in [0.05, 0.1) is 11.9 Å². The number of thiophene rings is 1. The van der Waals surface area contributed by atoms with E-state index in [1.807, 2.05) is 23.3 Å². The molecule has 0 aromatic carbocycles. The number of amides is 1. The first-order valence-electron chi connectivity index (χ1n) is 6.08. The second kappa shape index (κ2) is 5.83. The molecule has 0 atom stereocenters. The van der Waals surface area contributed by atoms with Crippen molar-refractivity contribution in [1.29, 1.82) is 0 Å². The van der Waals surface area contributed by atoms with Crippen LogP contribution in [0.4, 0.5) is 11.8 Å². The molecule has 102 valence electrons. The van der Waals surface area contributed by atoms with Crippen LogP contribution in [0.1, 0.15) is 6.92 Å². The molecule has 7 heteroatoms. The molecule has 2 N–H and O–H groups in total. The molecule has 0 unspecified atom stereocenters. The molecule has 0 bridgehead atoms. The lowest BCUT2D eigenvalue weighted by Gasteiger charge is -2.22. The molecule has 2 aromatic heterocycles. The second-order valence-electron chi connectivity index (χ2n) is 3.95. The third-order valence-electron chi connectivity index (χ3n) is 2.82. The van der Waals surface area contributed by atoms with Crippen LogP contribution in [0, 0.1) is 0 Å². The van der Waals surface area contributed by atoms with E-state index in [2.05, 4.69) is 20.6 Å². The van der Waals surface area contributed by atoms with Crippen LogP contribution in [0.2, 0.25) is 0 Å². The Morgan fingerprint density at radius 1 is 1.42 bits per heavy atom. The van der Waals surface area contributed by atoms with Crippen molar-refractivity contribution in [1.82, 2.24) is 15.3 Å². The average Bonchev–Trinajstić information content (AvgIpc) is 2.91. The first-order chi connectivity index (χ1) is 9.19. The third-order valence-corrected chi connectivity index (χ3v) is 3.63. The van der Waals surface area contributed by atoms with Gasteiger partial charge >= 0.3 is 0 Å². The lowest BCUT2D eigenvalue weighted by atomic mass is 10.3. The minimum atomic E-state index is -0.0325. The van der Waals surface area contributed by atoms with E-state index in [-0.39, 0.29) is 12.5 Å². The monoisotopic (exact) mass is 279 g/mol. The topological polar surface area (TPSA) is 70.2 Å². The Hall–Kier alpha value is -1.89. The van der Waals surface area contributed by atoms with Crippen molar-refractivity contribution in [3.05, 3.63) is 11.4 Å². The maximum atomic E-state index is 11.6. The zero-order valence-electron chi connectivity index (χ0n) is 11.2. The number of carbonyl (C=O) groups is 1. The molecule has 0 radical (unpaired) electrons. The summed E-state index contributed by atoms with van der Waals surface area (Å²) in [7, 11) is 3.42. The van der Waals surface area contributed by atoms with E-state index in [0.717, 1.165) is 16.0 Å². The second-order valence-corrected chi connectivity index (χ2v) is 4.84. The van der Waals surface area contributed by atoms with E-state index in [0.29, 0.717) is 12.5 Å². The van der Waals surface area contributed by atoms with Crippen LogP contribution >= 0.6 is 11.3 Å². The van der Waals surface area contributed by atoms with Crippen LogP contribution in [0.5, 0.6) is 0 Å². The van der Waals surface area contributed by atoms with Gasteiger partial charge in [-0.3, -0.25) is 4.79 Å². The Morgan fingerprint density at radius 2 is 2.21 bits per heavy atom. The van der Waals surface area contributed by atoms with Gasteiger partial charge in [-0.15, -0.1) is 11.3 Å². The molecule has 0 saturated heterocycles. The van der Waals surface area contributed by atoms with Crippen molar-refractivity contribution >= 4 is 39.2 Å². The molecule has 2 aromatic rings. The van der Waals surface area contributed by atoms with Crippen LogP contribution in [0.3, 0.4) is 0 Å². The SMILES string of the molecule is CCN(CC(=O)NC)c1nc(NC)nc2sccc12. The molecule has 2 rings (SSSR count). The van der Waals surface area contributed by atoms with E-state index in [4.69, 9.17) is 0 Å². The largest absolute Gasteiger partial charge is 0.358 e. The van der Waals surface area contributed by atoms with E-state index in [1.165, 1.54) is 0 Å². The van der Waals surface area contributed by atoms with Gasteiger partial charge in [-0.05, 0) is 18.4 Å². The summed E-state index contributed by atoms with van der Waals surface area (Å²) in [5, 5.41) is 8.55. The quantitative estimate of drug-likeness (QED) is 0.863. The lowest BCUT2D eigenvalue weighted by Crippen LogP contribution is -2.36. The van der Waals surface area contributed by atoms with Crippen molar-refractivity contribution in [2.45, 2.75) is 6.92 Å². The fourth-order valence-corrected chi connectivity index (χ4v) is 2.54. The van der Waals surface area contributed by atoms with Crippen LogP contribution in [-0.2, 0) is 4.79 Å². The summed E-state index contributed by atoms with van der Waals surface area (Å²) in [6, 6.07) is 1.99. The van der Waals surface area contributed by atoms with Crippen molar-refractivity contribution < 1.29 is 4.79 Å². The normalized spacial score (nSPS) is 10.5. The van der Waals surface area contributed by atoms with Gasteiger partial charge in [0.1, 0.15) is 10.6 Å². The van der Waals surface area contributed by atoms with Crippen LogP contribution in [0.15, 0.2) is 11.4 Å². The Kier molecular flexibility index (Phi) is 4.16. The highest BCUT2D eigenvalue weighted by molar-refractivity contribution is 7.16. The maximum absolute atomic E-state index is 11.6. The highest BCUT2D eigenvalue weighted by Gasteiger charge is 2.16. The Labute approximate surface area is 115 Å². The van der Waals surface area contributed by atoms with E-state index in [9.17, 15) is 4.79 Å². The van der Waals surface area contributed by atoms with Gasteiger partial charge in [0, 0.05) is 20.6 Å². The molecule has 0 aliphatic heterocycles. The summed E-state index contributed by atoms with van der Waals surface area (Å²) < 4.78 is 0. The summed E-state index contributed by atoms with van der Waals surface area (Å²) >= 11 is 1.57. The van der Waals surface area contributed by atoms with Gasteiger partial charge in [0.25, 0.3) is 0 Å². The number of hydrogen-bond donors (Lipinski definition) is 2. The average molecular weight is 279 g/mol. The minimum Gasteiger partial charge on any atom is -0.358 e. The highest BCUT2D eigenvalue weighted by Crippen LogP contribution is 2.28. The predicted octanol–water partition coefficient (Wildman–Crippen LogP) is 1.31. The van der Waals surface area contributed by atoms with E-state index >= 15 is 0 Å². The molecular weight excluding hydrogens is 262 g/mol. The van der Waals surface area contributed by atoms with Crippen molar-refractivity contribution in [3.8, 4) is 0 Å². The number of likely N-dealkylation sites (N-methyl/N-ethyl adjacent to an activating group) is 2. The number of carbonyl (C=O) groups excluding carboxylic acids is 1. The molecule has 0 spiro atoms. The summed E-state index contributed by atoms with van der Waals surface area (Å²) in [5.74, 6) is 1.33. The van der Waals surface area contributed by atoms with E-state index < -0.39 is 0 Å². The molecule has 0 aliphatic carbocycles.